The van der Waals surface area contributed by atoms with Crippen molar-refractivity contribution in [2.24, 2.45) is 0 Å². The molecule has 0 aliphatic carbocycles. The molecule has 37 heavy (non-hydrogen) atoms. The predicted molar refractivity (Wildman–Crippen MR) is 142 cm³/mol. The Bertz CT molecular complexity index is 1230. The molecule has 1 aromatic heterocycles. The summed E-state index contributed by atoms with van der Waals surface area (Å²) in [6.45, 7) is 4.45. The van der Waals surface area contributed by atoms with Crippen molar-refractivity contribution < 1.29 is 18.8 Å². The van der Waals surface area contributed by atoms with Gasteiger partial charge in [-0.2, -0.15) is 0 Å². The van der Waals surface area contributed by atoms with Gasteiger partial charge in [0.1, 0.15) is 12.4 Å². The van der Waals surface area contributed by atoms with E-state index in [1.165, 1.54) is 22.3 Å². The molecule has 2 heterocycles. The number of hydrogen-bond acceptors (Lipinski definition) is 6. The molecule has 1 aliphatic heterocycles. The highest BCUT2D eigenvalue weighted by molar-refractivity contribution is 7.13. The van der Waals surface area contributed by atoms with Crippen molar-refractivity contribution in [3.63, 3.8) is 0 Å². The second-order valence-corrected chi connectivity index (χ2v) is 9.64. The predicted octanol–water partition coefficient (Wildman–Crippen LogP) is 3.66. The van der Waals surface area contributed by atoms with Crippen LogP contribution in [0.2, 0.25) is 0 Å². The zero-order valence-electron chi connectivity index (χ0n) is 20.7. The molecular weight excluding hydrogens is 493 g/mol. The first-order chi connectivity index (χ1) is 17.9. The first-order valence-electron chi connectivity index (χ1n) is 12.3. The normalized spacial score (nSPS) is 13.4. The molecule has 4 rings (SSSR count). The molecule has 1 saturated heterocycles. The summed E-state index contributed by atoms with van der Waals surface area (Å²) < 4.78 is 14.1. The van der Waals surface area contributed by atoms with Crippen LogP contribution in [0.1, 0.15) is 29.4 Å². The maximum Gasteiger partial charge on any atom is 0.254 e. The molecule has 10 heteroatoms. The number of piperazine rings is 1. The van der Waals surface area contributed by atoms with Gasteiger partial charge in [0.05, 0.1) is 17.8 Å². The van der Waals surface area contributed by atoms with Crippen LogP contribution >= 0.6 is 11.3 Å². The van der Waals surface area contributed by atoms with Crippen LogP contribution in [0.4, 0.5) is 15.2 Å². The number of rotatable bonds is 9. The second-order valence-electron chi connectivity index (χ2n) is 8.78. The molecular formula is C27H30FN5O3S. The van der Waals surface area contributed by atoms with Gasteiger partial charge in [0.2, 0.25) is 11.8 Å². The number of amides is 3. The molecule has 0 bridgehead atoms. The number of thiazole rings is 1. The fraction of sp³-hybridized carbons (Fsp3) is 0.333. The van der Waals surface area contributed by atoms with Crippen molar-refractivity contribution in [1.29, 1.82) is 0 Å². The summed E-state index contributed by atoms with van der Waals surface area (Å²) in [5.41, 5.74) is 1.67. The van der Waals surface area contributed by atoms with Gasteiger partial charge in [0.25, 0.3) is 5.91 Å². The fourth-order valence-electron chi connectivity index (χ4n) is 4.24. The van der Waals surface area contributed by atoms with E-state index < -0.39 is 0 Å². The van der Waals surface area contributed by atoms with Crippen LogP contribution in [-0.4, -0.2) is 71.8 Å². The van der Waals surface area contributed by atoms with Crippen molar-refractivity contribution in [2.75, 3.05) is 49.5 Å². The molecule has 8 nitrogen and oxygen atoms in total. The third-order valence-corrected chi connectivity index (χ3v) is 6.90. The average molecular weight is 524 g/mol. The van der Waals surface area contributed by atoms with Crippen molar-refractivity contribution in [1.82, 2.24) is 14.8 Å². The molecule has 3 aromatic rings. The average Bonchev–Trinajstić information content (AvgIpc) is 3.35. The Labute approximate surface area is 219 Å². The first-order valence-corrected chi connectivity index (χ1v) is 13.2. The summed E-state index contributed by atoms with van der Waals surface area (Å²) in [5.74, 6) is -0.854. The standard InChI is InChI=1S/C27H30FN5O3S/c1-2-12-33(26(36)20-8-4-3-5-9-20)18-24(34)30-27-29-21(19-37-27)17-25(35)32-15-13-31(14-16-32)23-11-7-6-10-22(23)28/h3-11,19H,2,12-18H2,1H3,(H,29,30,34). The monoisotopic (exact) mass is 523 g/mol. The number of anilines is 2. The molecule has 0 unspecified atom stereocenters. The summed E-state index contributed by atoms with van der Waals surface area (Å²) >= 11 is 1.24. The Morgan fingerprint density at radius 3 is 2.43 bits per heavy atom. The van der Waals surface area contributed by atoms with Crippen LogP contribution in [0.15, 0.2) is 60.0 Å². The van der Waals surface area contributed by atoms with Crippen molar-refractivity contribution in [3.05, 3.63) is 77.1 Å². The van der Waals surface area contributed by atoms with Crippen LogP contribution < -0.4 is 10.2 Å². The fourth-order valence-corrected chi connectivity index (χ4v) is 4.96. The van der Waals surface area contributed by atoms with Crippen LogP contribution in [0, 0.1) is 5.82 Å². The van der Waals surface area contributed by atoms with Crippen LogP contribution in [0.3, 0.4) is 0 Å². The van der Waals surface area contributed by atoms with E-state index in [1.54, 1.807) is 52.7 Å². The van der Waals surface area contributed by atoms with Crippen LogP contribution in [0.25, 0.3) is 0 Å². The SMILES string of the molecule is CCCN(CC(=O)Nc1nc(CC(=O)N2CCN(c3ccccc3F)CC2)cs1)C(=O)c1ccccc1. The molecule has 0 saturated carbocycles. The van der Waals surface area contributed by atoms with Gasteiger partial charge in [0, 0.05) is 43.7 Å². The molecule has 1 fully saturated rings. The van der Waals surface area contributed by atoms with Gasteiger partial charge in [0.15, 0.2) is 5.13 Å². The van der Waals surface area contributed by atoms with E-state index in [0.29, 0.717) is 54.8 Å². The zero-order valence-corrected chi connectivity index (χ0v) is 21.5. The molecule has 1 aliphatic rings. The minimum atomic E-state index is -0.339. The maximum atomic E-state index is 14.1. The largest absolute Gasteiger partial charge is 0.366 e. The van der Waals surface area contributed by atoms with Gasteiger partial charge in [-0.1, -0.05) is 37.3 Å². The Kier molecular flexibility index (Phi) is 8.84. The van der Waals surface area contributed by atoms with Crippen LogP contribution in [0.5, 0.6) is 0 Å². The van der Waals surface area contributed by atoms with E-state index in [0.717, 1.165) is 6.42 Å². The zero-order chi connectivity index (χ0) is 26.2. The van der Waals surface area contributed by atoms with Crippen molar-refractivity contribution >= 4 is 39.9 Å². The second kappa shape index (κ2) is 12.4. The number of benzene rings is 2. The van der Waals surface area contributed by atoms with E-state index in [-0.39, 0.29) is 36.5 Å². The lowest BCUT2D eigenvalue weighted by Gasteiger charge is -2.36. The summed E-state index contributed by atoms with van der Waals surface area (Å²) in [5, 5.41) is 4.89. The lowest BCUT2D eigenvalue weighted by atomic mass is 10.2. The molecule has 194 valence electrons. The molecule has 3 amide bonds. The van der Waals surface area contributed by atoms with Gasteiger partial charge < -0.3 is 20.0 Å². The van der Waals surface area contributed by atoms with Crippen molar-refractivity contribution in [2.45, 2.75) is 19.8 Å². The topological polar surface area (TPSA) is 85.8 Å². The highest BCUT2D eigenvalue weighted by Crippen LogP contribution is 2.21. The van der Waals surface area contributed by atoms with E-state index in [9.17, 15) is 18.8 Å². The quantitative estimate of drug-likeness (QED) is 0.463. The summed E-state index contributed by atoms with van der Waals surface area (Å²) in [4.78, 5) is 47.8. The minimum Gasteiger partial charge on any atom is -0.366 e. The van der Waals surface area contributed by atoms with Gasteiger partial charge in [-0.15, -0.1) is 11.3 Å². The first kappa shape index (κ1) is 26.3. The highest BCUT2D eigenvalue weighted by Gasteiger charge is 2.24. The molecule has 0 spiro atoms. The minimum absolute atomic E-state index is 0.0565. The van der Waals surface area contributed by atoms with E-state index in [2.05, 4.69) is 10.3 Å². The number of aromatic nitrogens is 1. The molecule has 1 N–H and O–H groups in total. The number of carbonyl (C=O) groups excluding carboxylic acids is 3. The third kappa shape index (κ3) is 6.91. The summed E-state index contributed by atoms with van der Waals surface area (Å²) in [7, 11) is 0. The number of halogens is 1. The summed E-state index contributed by atoms with van der Waals surface area (Å²) in [6.07, 6.45) is 0.852. The van der Waals surface area contributed by atoms with Gasteiger partial charge in [-0.05, 0) is 30.7 Å². The van der Waals surface area contributed by atoms with Crippen molar-refractivity contribution in [3.8, 4) is 0 Å². The Balaban J connectivity index is 1.27. The number of nitrogens with one attached hydrogen (secondary N) is 1. The molecule has 2 aromatic carbocycles. The third-order valence-electron chi connectivity index (χ3n) is 6.09. The lowest BCUT2D eigenvalue weighted by Crippen LogP contribution is -2.49. The van der Waals surface area contributed by atoms with Gasteiger partial charge in [-0.25, -0.2) is 9.37 Å². The molecule has 0 radical (unpaired) electrons. The number of carbonyl (C=O) groups is 3. The van der Waals surface area contributed by atoms with Gasteiger partial charge in [-0.3, -0.25) is 14.4 Å². The number of hydrogen-bond donors (Lipinski definition) is 1. The lowest BCUT2D eigenvalue weighted by molar-refractivity contribution is -0.130. The Hall–Kier alpha value is -3.79. The molecule has 0 atom stereocenters. The summed E-state index contributed by atoms with van der Waals surface area (Å²) in [6, 6.07) is 15.5. The van der Waals surface area contributed by atoms with E-state index in [4.69, 9.17) is 0 Å². The Morgan fingerprint density at radius 1 is 1.03 bits per heavy atom. The number of nitrogens with zero attached hydrogens (tertiary/aromatic N) is 4. The van der Waals surface area contributed by atoms with Crippen LogP contribution in [-0.2, 0) is 16.0 Å². The smallest absolute Gasteiger partial charge is 0.254 e. The van der Waals surface area contributed by atoms with E-state index in [1.807, 2.05) is 17.9 Å². The van der Waals surface area contributed by atoms with Gasteiger partial charge >= 0.3 is 0 Å². The van der Waals surface area contributed by atoms with E-state index >= 15 is 0 Å². The maximum absolute atomic E-state index is 14.1. The Morgan fingerprint density at radius 2 is 1.73 bits per heavy atom. The highest BCUT2D eigenvalue weighted by atomic mass is 32.1. The number of para-hydroxylation sites is 1.